The molecule has 0 aromatic heterocycles. The first-order valence-corrected chi connectivity index (χ1v) is 7.82. The Morgan fingerprint density at radius 3 is 2.14 bits per heavy atom. The lowest BCUT2D eigenvalue weighted by atomic mass is 9.72. The number of amides is 2. The van der Waals surface area contributed by atoms with E-state index in [2.05, 4.69) is 22.8 Å². The summed E-state index contributed by atoms with van der Waals surface area (Å²) in [5.74, 6) is 0. The summed E-state index contributed by atoms with van der Waals surface area (Å²) in [4.78, 5) is 12.5. The molecule has 0 spiro atoms. The SMILES string of the molecule is Cc1cccc(C)c1NC(=O)NC1(c2ccccc2)CCC1. The van der Waals surface area contributed by atoms with E-state index < -0.39 is 0 Å². The lowest BCUT2D eigenvalue weighted by Crippen LogP contribution is -2.52. The van der Waals surface area contributed by atoms with E-state index in [1.807, 2.05) is 50.2 Å². The van der Waals surface area contributed by atoms with Crippen molar-refractivity contribution in [2.45, 2.75) is 38.6 Å². The Morgan fingerprint density at radius 2 is 1.59 bits per heavy atom. The zero-order valence-electron chi connectivity index (χ0n) is 13.1. The molecule has 0 radical (unpaired) electrons. The molecule has 3 heteroatoms. The van der Waals surface area contributed by atoms with Crippen LogP contribution in [0.15, 0.2) is 48.5 Å². The van der Waals surface area contributed by atoms with Gasteiger partial charge in [0.15, 0.2) is 0 Å². The molecule has 2 N–H and O–H groups in total. The van der Waals surface area contributed by atoms with Gasteiger partial charge in [0.25, 0.3) is 0 Å². The second-order valence-corrected chi connectivity index (χ2v) is 6.15. The first-order valence-electron chi connectivity index (χ1n) is 7.82. The summed E-state index contributed by atoms with van der Waals surface area (Å²) in [6.07, 6.45) is 3.15. The van der Waals surface area contributed by atoms with Crippen molar-refractivity contribution in [2.24, 2.45) is 0 Å². The molecule has 114 valence electrons. The lowest BCUT2D eigenvalue weighted by molar-refractivity contribution is 0.185. The molecule has 0 saturated heterocycles. The van der Waals surface area contributed by atoms with Crippen LogP contribution >= 0.6 is 0 Å². The Labute approximate surface area is 131 Å². The standard InChI is InChI=1S/C19H22N2O/c1-14-8-6-9-15(2)17(14)20-18(22)21-19(12-7-13-19)16-10-4-3-5-11-16/h3-6,8-11H,7,12-13H2,1-2H3,(H2,20,21,22). The molecule has 0 bridgehead atoms. The minimum Gasteiger partial charge on any atom is -0.328 e. The van der Waals surface area contributed by atoms with E-state index in [1.165, 1.54) is 5.56 Å². The van der Waals surface area contributed by atoms with Crippen LogP contribution in [0.4, 0.5) is 10.5 Å². The highest BCUT2D eigenvalue weighted by molar-refractivity contribution is 5.91. The molecule has 1 aliphatic rings. The maximum Gasteiger partial charge on any atom is 0.319 e. The van der Waals surface area contributed by atoms with Crippen molar-refractivity contribution in [3.05, 3.63) is 65.2 Å². The van der Waals surface area contributed by atoms with Crippen LogP contribution in [0.1, 0.15) is 36.0 Å². The summed E-state index contributed by atoms with van der Waals surface area (Å²) >= 11 is 0. The van der Waals surface area contributed by atoms with Crippen molar-refractivity contribution in [1.82, 2.24) is 5.32 Å². The Kier molecular flexibility index (Phi) is 3.88. The average molecular weight is 294 g/mol. The van der Waals surface area contributed by atoms with E-state index in [0.29, 0.717) is 0 Å². The van der Waals surface area contributed by atoms with Crippen LogP contribution in [-0.2, 0) is 5.54 Å². The van der Waals surface area contributed by atoms with E-state index >= 15 is 0 Å². The van der Waals surface area contributed by atoms with Crippen molar-refractivity contribution < 1.29 is 4.79 Å². The highest BCUT2D eigenvalue weighted by atomic mass is 16.2. The smallest absolute Gasteiger partial charge is 0.319 e. The fourth-order valence-electron chi connectivity index (χ4n) is 3.15. The van der Waals surface area contributed by atoms with Gasteiger partial charge in [0.1, 0.15) is 0 Å². The third-order valence-corrected chi connectivity index (χ3v) is 4.61. The molecule has 22 heavy (non-hydrogen) atoms. The molecule has 3 rings (SSSR count). The molecule has 0 aliphatic heterocycles. The molecule has 0 atom stereocenters. The van der Waals surface area contributed by atoms with Crippen molar-refractivity contribution in [3.63, 3.8) is 0 Å². The summed E-state index contributed by atoms with van der Waals surface area (Å²) in [5, 5.41) is 6.22. The Morgan fingerprint density at radius 1 is 0.955 bits per heavy atom. The maximum absolute atomic E-state index is 12.5. The number of carbonyl (C=O) groups is 1. The van der Waals surface area contributed by atoms with Gasteiger partial charge in [-0.3, -0.25) is 0 Å². The molecule has 0 unspecified atom stereocenters. The number of anilines is 1. The average Bonchev–Trinajstić information content (AvgIpc) is 2.48. The van der Waals surface area contributed by atoms with Gasteiger partial charge in [-0.1, -0.05) is 48.5 Å². The van der Waals surface area contributed by atoms with Crippen LogP contribution in [0.3, 0.4) is 0 Å². The Hall–Kier alpha value is -2.29. The number of benzene rings is 2. The van der Waals surface area contributed by atoms with Crippen LogP contribution in [-0.4, -0.2) is 6.03 Å². The van der Waals surface area contributed by atoms with Crippen LogP contribution in [0.25, 0.3) is 0 Å². The number of hydrogen-bond donors (Lipinski definition) is 2. The van der Waals surface area contributed by atoms with Crippen LogP contribution < -0.4 is 10.6 Å². The molecule has 3 nitrogen and oxygen atoms in total. The number of nitrogens with one attached hydrogen (secondary N) is 2. The molecule has 2 aromatic carbocycles. The normalized spacial score (nSPS) is 15.7. The molecular weight excluding hydrogens is 272 g/mol. The topological polar surface area (TPSA) is 41.1 Å². The van der Waals surface area contributed by atoms with Crippen molar-refractivity contribution in [3.8, 4) is 0 Å². The van der Waals surface area contributed by atoms with E-state index in [4.69, 9.17) is 0 Å². The largest absolute Gasteiger partial charge is 0.328 e. The third kappa shape index (κ3) is 2.71. The fraction of sp³-hybridized carbons (Fsp3) is 0.316. The summed E-state index contributed by atoms with van der Waals surface area (Å²) in [7, 11) is 0. The minimum atomic E-state index is -0.206. The van der Waals surface area contributed by atoms with Gasteiger partial charge in [-0.2, -0.15) is 0 Å². The second-order valence-electron chi connectivity index (χ2n) is 6.15. The van der Waals surface area contributed by atoms with Crippen LogP contribution in [0.5, 0.6) is 0 Å². The van der Waals surface area contributed by atoms with E-state index in [-0.39, 0.29) is 11.6 Å². The Balaban J connectivity index is 1.76. The summed E-state index contributed by atoms with van der Waals surface area (Å²) in [6, 6.07) is 16.2. The Bertz CT molecular complexity index is 655. The van der Waals surface area contributed by atoms with Gasteiger partial charge in [0.05, 0.1) is 5.54 Å². The zero-order chi connectivity index (χ0) is 15.6. The van der Waals surface area contributed by atoms with Gasteiger partial charge in [-0.15, -0.1) is 0 Å². The molecule has 2 aromatic rings. The van der Waals surface area contributed by atoms with E-state index in [0.717, 1.165) is 36.1 Å². The molecule has 1 aliphatic carbocycles. The first-order chi connectivity index (χ1) is 10.6. The molecular formula is C19H22N2O. The summed E-state index contributed by atoms with van der Waals surface area (Å²) in [5.41, 5.74) is 4.05. The second kappa shape index (κ2) is 5.84. The molecule has 1 saturated carbocycles. The van der Waals surface area contributed by atoms with E-state index in [1.54, 1.807) is 0 Å². The highest BCUT2D eigenvalue weighted by Crippen LogP contribution is 2.41. The van der Waals surface area contributed by atoms with Gasteiger partial charge in [0, 0.05) is 5.69 Å². The predicted octanol–water partition coefficient (Wildman–Crippen LogP) is 4.50. The van der Waals surface area contributed by atoms with Crippen LogP contribution in [0, 0.1) is 13.8 Å². The van der Waals surface area contributed by atoms with Gasteiger partial charge in [-0.05, 0) is 49.8 Å². The van der Waals surface area contributed by atoms with Gasteiger partial charge < -0.3 is 10.6 Å². The monoisotopic (exact) mass is 294 g/mol. The third-order valence-electron chi connectivity index (χ3n) is 4.61. The number of urea groups is 1. The summed E-state index contributed by atoms with van der Waals surface area (Å²) in [6.45, 7) is 4.03. The maximum atomic E-state index is 12.5. The number of carbonyl (C=O) groups excluding carboxylic acids is 1. The molecule has 1 fully saturated rings. The zero-order valence-corrected chi connectivity index (χ0v) is 13.1. The number of hydrogen-bond acceptors (Lipinski definition) is 1. The predicted molar refractivity (Wildman–Crippen MR) is 90.0 cm³/mol. The van der Waals surface area contributed by atoms with Crippen molar-refractivity contribution >= 4 is 11.7 Å². The summed E-state index contributed by atoms with van der Waals surface area (Å²) < 4.78 is 0. The highest BCUT2D eigenvalue weighted by Gasteiger charge is 2.39. The minimum absolute atomic E-state index is 0.124. The van der Waals surface area contributed by atoms with Crippen molar-refractivity contribution in [2.75, 3.05) is 5.32 Å². The van der Waals surface area contributed by atoms with Gasteiger partial charge in [-0.25, -0.2) is 4.79 Å². The fourth-order valence-corrected chi connectivity index (χ4v) is 3.15. The van der Waals surface area contributed by atoms with Crippen LogP contribution in [0.2, 0.25) is 0 Å². The molecule has 0 heterocycles. The first kappa shape index (κ1) is 14.6. The molecule has 2 amide bonds. The van der Waals surface area contributed by atoms with Gasteiger partial charge in [0.2, 0.25) is 0 Å². The van der Waals surface area contributed by atoms with E-state index in [9.17, 15) is 4.79 Å². The van der Waals surface area contributed by atoms with Crippen molar-refractivity contribution in [1.29, 1.82) is 0 Å². The number of rotatable bonds is 3. The number of para-hydroxylation sites is 1. The van der Waals surface area contributed by atoms with Gasteiger partial charge >= 0.3 is 6.03 Å². The quantitative estimate of drug-likeness (QED) is 0.859. The number of aryl methyl sites for hydroxylation is 2. The lowest BCUT2D eigenvalue weighted by Gasteiger charge is -2.43.